The predicted octanol–water partition coefficient (Wildman–Crippen LogP) is 4.33. The quantitative estimate of drug-likeness (QED) is 0.192. The highest BCUT2D eigenvalue weighted by Crippen LogP contribution is 2.64. The summed E-state index contributed by atoms with van der Waals surface area (Å²) in [5.41, 5.74) is 0. The first-order valence-corrected chi connectivity index (χ1v) is 14.5. The van der Waals surface area contributed by atoms with Gasteiger partial charge in [0.2, 0.25) is 0 Å². The Hall–Kier alpha value is -2.51. The van der Waals surface area contributed by atoms with Crippen molar-refractivity contribution in [3.05, 3.63) is 55.7 Å². The summed E-state index contributed by atoms with van der Waals surface area (Å²) < 4.78 is 257. The molecule has 0 aliphatic carbocycles. The van der Waals surface area contributed by atoms with E-state index in [1.54, 1.807) is 14.2 Å². The highest BCUT2D eigenvalue weighted by molar-refractivity contribution is 7.86. The molecule has 0 unspecified atom stereocenters. The molecule has 0 aliphatic heterocycles. The Balaban J connectivity index is 0.000000522. The number of halogens is 18. The van der Waals surface area contributed by atoms with Gasteiger partial charge in [-0.3, -0.25) is 0 Å². The first-order chi connectivity index (χ1) is 20.3. The lowest BCUT2D eigenvalue weighted by molar-refractivity contribution is -0.597. The van der Waals surface area contributed by atoms with Gasteiger partial charge in [-0.2, -0.15) is 74.6 Å². The lowest BCUT2D eigenvalue weighted by Gasteiger charge is -2.42. The number of benzene rings is 2. The zero-order chi connectivity index (χ0) is 36.6. The Morgan fingerprint density at radius 3 is 1.00 bits per heavy atom. The molecule has 0 heterocycles. The van der Waals surface area contributed by atoms with Gasteiger partial charge >= 0.3 is 68.2 Å². The van der Waals surface area contributed by atoms with Crippen LogP contribution in [-0.4, -0.2) is 74.2 Å². The number of rotatable bonds is 11. The molecule has 0 saturated heterocycles. The van der Waals surface area contributed by atoms with Gasteiger partial charge in [-0.1, -0.05) is 0 Å². The van der Waals surface area contributed by atoms with Crippen molar-refractivity contribution in [2.24, 2.45) is 0 Å². The maximum atomic E-state index is 13.0. The van der Waals surface area contributed by atoms with Crippen LogP contribution in [-0.2, 0) is 10.1 Å². The van der Waals surface area contributed by atoms with E-state index in [1.807, 2.05) is 24.3 Å². The molecule has 0 radical (unpaired) electrons. The monoisotopic (exact) mass is 840 g/mol. The van der Waals surface area contributed by atoms with Crippen molar-refractivity contribution in [2.45, 2.75) is 47.0 Å². The summed E-state index contributed by atoms with van der Waals surface area (Å²) in [6.45, 7) is 0. The Labute approximate surface area is 256 Å². The van der Waals surface area contributed by atoms with Crippen LogP contribution in [0.3, 0.4) is 0 Å². The lowest BCUT2D eigenvalue weighted by atomic mass is 9.91. The molecule has 5 nitrogen and oxygen atoms in total. The maximum Gasteiger partial charge on any atom is 0.460 e. The molecule has 0 saturated carbocycles. The number of alkyl halides is 17. The third-order valence-corrected chi connectivity index (χ3v) is 8.89. The molecule has 264 valence electrons. The van der Waals surface area contributed by atoms with E-state index in [-0.39, 0.29) is 21.2 Å². The van der Waals surface area contributed by atoms with Gasteiger partial charge in [0.25, 0.3) is 0 Å². The SMILES string of the molecule is COc1ccc([I+]c2ccc(OC)cc2)cc1.O=S(=O)([O-])C(F)(F)C(F)(F)C(F)(F)C(F)(F)C(F)(F)C(F)(F)C(F)(F)C(F)(F)F. The Morgan fingerprint density at radius 1 is 0.500 bits per heavy atom. The number of ether oxygens (including phenoxy) is 2. The van der Waals surface area contributed by atoms with E-state index in [1.165, 1.54) is 7.14 Å². The van der Waals surface area contributed by atoms with Gasteiger partial charge in [-0.25, -0.2) is 8.42 Å². The smallest absolute Gasteiger partial charge is 0.460 e. The zero-order valence-electron chi connectivity index (χ0n) is 21.9. The van der Waals surface area contributed by atoms with E-state index in [0.29, 0.717) is 0 Å². The second-order valence-electron chi connectivity index (χ2n) is 8.33. The van der Waals surface area contributed by atoms with E-state index < -0.39 is 57.1 Å². The van der Waals surface area contributed by atoms with Crippen LogP contribution >= 0.6 is 0 Å². The van der Waals surface area contributed by atoms with E-state index in [2.05, 4.69) is 24.3 Å². The van der Waals surface area contributed by atoms with Gasteiger partial charge in [-0.15, -0.1) is 0 Å². The van der Waals surface area contributed by atoms with Gasteiger partial charge in [-0.05, 0) is 48.5 Å². The summed E-state index contributed by atoms with van der Waals surface area (Å²) in [5.74, 6) is -50.3. The van der Waals surface area contributed by atoms with Crippen LogP contribution in [0.1, 0.15) is 0 Å². The molecule has 0 amide bonds. The molecule has 0 aromatic heterocycles. The van der Waals surface area contributed by atoms with Crippen molar-refractivity contribution in [1.29, 1.82) is 0 Å². The number of methoxy groups -OCH3 is 2. The minimum atomic E-state index is -8.92. The molecule has 2 rings (SSSR count). The summed E-state index contributed by atoms with van der Waals surface area (Å²) in [6, 6.07) is 16.6. The molecular formula is C22H14F17IO5S. The molecule has 46 heavy (non-hydrogen) atoms. The Bertz CT molecular complexity index is 1380. The van der Waals surface area contributed by atoms with Crippen LogP contribution in [0.15, 0.2) is 48.5 Å². The zero-order valence-corrected chi connectivity index (χ0v) is 24.8. The third-order valence-electron chi connectivity index (χ3n) is 5.32. The fourth-order valence-electron chi connectivity index (χ4n) is 2.70. The van der Waals surface area contributed by atoms with Crippen molar-refractivity contribution in [2.75, 3.05) is 14.2 Å². The normalized spacial score (nSPS) is 14.3. The minimum absolute atomic E-state index is 0.119. The van der Waals surface area contributed by atoms with Gasteiger partial charge in [0.1, 0.15) is 11.5 Å². The van der Waals surface area contributed by atoms with E-state index in [0.717, 1.165) is 11.5 Å². The molecule has 0 spiro atoms. The Kier molecular flexibility index (Phi) is 11.9. The summed E-state index contributed by atoms with van der Waals surface area (Å²) in [6.07, 6.45) is -7.89. The van der Waals surface area contributed by atoms with Crippen molar-refractivity contribution in [3.8, 4) is 11.5 Å². The molecule has 0 N–H and O–H groups in total. The molecule has 0 aliphatic rings. The van der Waals surface area contributed by atoms with Crippen LogP contribution in [0.5, 0.6) is 11.5 Å². The fraction of sp³-hybridized carbons (Fsp3) is 0.455. The summed E-state index contributed by atoms with van der Waals surface area (Å²) >= 11 is -0.119. The lowest BCUT2D eigenvalue weighted by Crippen LogP contribution is -3.61. The molecule has 0 bridgehead atoms. The van der Waals surface area contributed by atoms with Crippen molar-refractivity contribution >= 4 is 10.1 Å². The molecule has 2 aromatic carbocycles. The van der Waals surface area contributed by atoms with Crippen LogP contribution < -0.4 is 30.7 Å². The van der Waals surface area contributed by atoms with Gasteiger partial charge in [0, 0.05) is 0 Å². The summed E-state index contributed by atoms with van der Waals surface area (Å²) in [4.78, 5) is 0. The van der Waals surface area contributed by atoms with Crippen LogP contribution in [0.4, 0.5) is 74.6 Å². The summed E-state index contributed by atoms with van der Waals surface area (Å²) in [7, 11) is -4.77. The van der Waals surface area contributed by atoms with Crippen LogP contribution in [0, 0.1) is 7.14 Å². The topological polar surface area (TPSA) is 75.7 Å². The van der Waals surface area contributed by atoms with Gasteiger partial charge < -0.3 is 14.0 Å². The van der Waals surface area contributed by atoms with Crippen LogP contribution in [0.25, 0.3) is 0 Å². The predicted molar refractivity (Wildman–Crippen MR) is 114 cm³/mol. The maximum absolute atomic E-state index is 13.0. The molecule has 0 atom stereocenters. The number of hydrogen-bond acceptors (Lipinski definition) is 5. The highest BCUT2D eigenvalue weighted by Gasteiger charge is 2.95. The second-order valence-corrected chi connectivity index (χ2v) is 12.8. The van der Waals surface area contributed by atoms with Crippen molar-refractivity contribution in [1.82, 2.24) is 0 Å². The van der Waals surface area contributed by atoms with E-state index in [4.69, 9.17) is 9.47 Å². The molecular weight excluding hydrogens is 826 g/mol. The summed E-state index contributed by atoms with van der Waals surface area (Å²) in [5, 5.41) is -7.95. The van der Waals surface area contributed by atoms with E-state index in [9.17, 15) is 87.6 Å². The standard InChI is InChI=1S/C14H14IO2.C8HF17O3S/c1-16-13-7-3-11(4-8-13)15-12-5-9-14(17-2)10-6-12;9-1(10,3(13,14)5(17,18)7(21,22)23)2(11,12)4(15,16)6(19,20)8(24,25)29(26,27)28/h3-10H,1-2H3;(H,26,27,28)/q+1;/p-1. The first-order valence-electron chi connectivity index (χ1n) is 10.9. The molecule has 2 aromatic rings. The molecule has 24 heteroatoms. The van der Waals surface area contributed by atoms with Crippen LogP contribution in [0.2, 0.25) is 0 Å². The average molecular weight is 840 g/mol. The highest BCUT2D eigenvalue weighted by atomic mass is 127. The first kappa shape index (κ1) is 41.5. The third kappa shape index (κ3) is 7.16. The van der Waals surface area contributed by atoms with Gasteiger partial charge in [0.15, 0.2) is 17.3 Å². The van der Waals surface area contributed by atoms with Crippen molar-refractivity contribution in [3.63, 3.8) is 0 Å². The second kappa shape index (κ2) is 13.2. The number of hydrogen-bond donors (Lipinski definition) is 0. The largest absolute Gasteiger partial charge is 0.743 e. The Morgan fingerprint density at radius 2 is 0.761 bits per heavy atom. The molecule has 0 fully saturated rings. The van der Waals surface area contributed by atoms with Crippen molar-refractivity contribution < 1.29 is 118 Å². The van der Waals surface area contributed by atoms with Gasteiger partial charge in [0.05, 0.1) is 14.2 Å². The average Bonchev–Trinajstić information content (AvgIpc) is 2.92. The minimum Gasteiger partial charge on any atom is -0.743 e. The fourth-order valence-corrected chi connectivity index (χ4v) is 5.30. The van der Waals surface area contributed by atoms with E-state index >= 15 is 0 Å².